The number of hydrogen-bond acceptors (Lipinski definition) is 5. The number of ketones is 1. The second-order valence-electron chi connectivity index (χ2n) is 6.33. The molecule has 0 radical (unpaired) electrons. The molecule has 3 aromatic carbocycles. The van der Waals surface area contributed by atoms with Crippen molar-refractivity contribution in [3.05, 3.63) is 88.4 Å². The number of amides is 1. The molecule has 0 aromatic heterocycles. The molecule has 0 heterocycles. The first-order valence-corrected chi connectivity index (χ1v) is 9.96. The predicted molar refractivity (Wildman–Crippen MR) is 125 cm³/mol. The SMILES string of the molecule is COc1cccc(OC)c1C(=O)NC(=S)Nc1ccc(Cl)cc1C(=O)c1ccccc1. The fourth-order valence-electron chi connectivity index (χ4n) is 2.95. The number of halogens is 1. The van der Waals surface area contributed by atoms with Crippen LogP contribution < -0.4 is 20.1 Å². The highest BCUT2D eigenvalue weighted by atomic mass is 35.5. The van der Waals surface area contributed by atoms with Crippen molar-refractivity contribution in [2.75, 3.05) is 19.5 Å². The van der Waals surface area contributed by atoms with Gasteiger partial charge in [0.25, 0.3) is 5.91 Å². The molecule has 0 saturated heterocycles. The average Bonchev–Trinajstić information content (AvgIpc) is 2.79. The summed E-state index contributed by atoms with van der Waals surface area (Å²) in [7, 11) is 2.91. The summed E-state index contributed by atoms with van der Waals surface area (Å²) in [4.78, 5) is 25.8. The van der Waals surface area contributed by atoms with Gasteiger partial charge in [0.2, 0.25) is 0 Å². The van der Waals surface area contributed by atoms with Crippen LogP contribution in [-0.4, -0.2) is 31.0 Å². The molecule has 3 aromatic rings. The van der Waals surface area contributed by atoms with E-state index in [1.165, 1.54) is 14.2 Å². The fourth-order valence-corrected chi connectivity index (χ4v) is 3.33. The van der Waals surface area contributed by atoms with Crippen LogP contribution in [0.2, 0.25) is 5.02 Å². The van der Waals surface area contributed by atoms with Gasteiger partial charge in [-0.05, 0) is 42.5 Å². The van der Waals surface area contributed by atoms with Gasteiger partial charge in [0, 0.05) is 16.1 Å². The summed E-state index contributed by atoms with van der Waals surface area (Å²) in [5.74, 6) is -0.0694. The van der Waals surface area contributed by atoms with Crippen molar-refractivity contribution in [3.63, 3.8) is 0 Å². The van der Waals surface area contributed by atoms with Gasteiger partial charge in [0.15, 0.2) is 10.9 Å². The fraction of sp³-hybridized carbons (Fsp3) is 0.0870. The zero-order valence-corrected chi connectivity index (χ0v) is 18.3. The molecule has 6 nitrogen and oxygen atoms in total. The third kappa shape index (κ3) is 5.20. The molecule has 8 heteroatoms. The van der Waals surface area contributed by atoms with Gasteiger partial charge in [-0.2, -0.15) is 0 Å². The maximum atomic E-state index is 12.9. The van der Waals surface area contributed by atoms with Crippen molar-refractivity contribution in [2.45, 2.75) is 0 Å². The van der Waals surface area contributed by atoms with Crippen LogP contribution in [0.3, 0.4) is 0 Å². The molecule has 3 rings (SSSR count). The van der Waals surface area contributed by atoms with Crippen molar-refractivity contribution >= 4 is 46.3 Å². The van der Waals surface area contributed by atoms with E-state index in [1.54, 1.807) is 60.7 Å². The molecule has 31 heavy (non-hydrogen) atoms. The van der Waals surface area contributed by atoms with E-state index in [1.807, 2.05) is 6.07 Å². The van der Waals surface area contributed by atoms with E-state index < -0.39 is 5.91 Å². The molecule has 0 aliphatic rings. The summed E-state index contributed by atoms with van der Waals surface area (Å²) in [6, 6.07) is 18.6. The Morgan fingerprint density at radius 2 is 1.55 bits per heavy atom. The Morgan fingerprint density at radius 3 is 2.16 bits per heavy atom. The van der Waals surface area contributed by atoms with Gasteiger partial charge < -0.3 is 14.8 Å². The molecule has 0 atom stereocenters. The standard InChI is InChI=1S/C23H19ClN2O4S/c1-29-18-9-6-10-19(30-2)20(18)22(28)26-23(31)25-17-12-11-15(24)13-16(17)21(27)14-7-4-3-5-8-14/h3-13H,1-2H3,(H2,25,26,28,31). The van der Waals surface area contributed by atoms with Crippen LogP contribution >= 0.6 is 23.8 Å². The number of nitrogens with one attached hydrogen (secondary N) is 2. The molecule has 0 unspecified atom stereocenters. The summed E-state index contributed by atoms with van der Waals surface area (Å²) in [6.45, 7) is 0. The lowest BCUT2D eigenvalue weighted by Gasteiger charge is -2.16. The van der Waals surface area contributed by atoms with E-state index in [2.05, 4.69) is 10.6 Å². The first kappa shape index (κ1) is 22.3. The second-order valence-corrected chi connectivity index (χ2v) is 7.18. The van der Waals surface area contributed by atoms with Crippen LogP contribution in [0, 0.1) is 0 Å². The number of hydrogen-bond donors (Lipinski definition) is 2. The first-order valence-electron chi connectivity index (χ1n) is 9.17. The smallest absolute Gasteiger partial charge is 0.264 e. The zero-order chi connectivity index (χ0) is 22.4. The quantitative estimate of drug-likeness (QED) is 0.414. The average molecular weight is 455 g/mol. The topological polar surface area (TPSA) is 76.7 Å². The Hall–Kier alpha value is -3.42. The molecule has 0 aliphatic carbocycles. The Balaban J connectivity index is 1.84. The minimum absolute atomic E-state index is 0.00222. The van der Waals surface area contributed by atoms with Crippen LogP contribution in [0.25, 0.3) is 0 Å². The van der Waals surface area contributed by atoms with Crippen molar-refractivity contribution in [1.82, 2.24) is 5.32 Å². The van der Waals surface area contributed by atoms with Gasteiger partial charge in [0.1, 0.15) is 17.1 Å². The van der Waals surface area contributed by atoms with E-state index in [0.29, 0.717) is 33.3 Å². The van der Waals surface area contributed by atoms with Gasteiger partial charge in [-0.1, -0.05) is 48.0 Å². The summed E-state index contributed by atoms with van der Waals surface area (Å²) < 4.78 is 10.5. The van der Waals surface area contributed by atoms with Gasteiger partial charge in [-0.25, -0.2) is 0 Å². The molecular formula is C23H19ClN2O4S. The highest BCUT2D eigenvalue weighted by Crippen LogP contribution is 2.28. The van der Waals surface area contributed by atoms with E-state index in [4.69, 9.17) is 33.3 Å². The van der Waals surface area contributed by atoms with Crippen LogP contribution in [-0.2, 0) is 0 Å². The summed E-state index contributed by atoms with van der Waals surface area (Å²) in [5.41, 5.74) is 1.44. The van der Waals surface area contributed by atoms with E-state index in [-0.39, 0.29) is 16.5 Å². The summed E-state index contributed by atoms with van der Waals surface area (Å²) in [6.07, 6.45) is 0. The Kier molecular flexibility index (Phi) is 7.23. The number of carbonyl (C=O) groups excluding carboxylic acids is 2. The number of carbonyl (C=O) groups is 2. The molecule has 0 spiro atoms. The summed E-state index contributed by atoms with van der Waals surface area (Å²) in [5, 5.41) is 5.90. The van der Waals surface area contributed by atoms with Crippen molar-refractivity contribution in [1.29, 1.82) is 0 Å². The minimum Gasteiger partial charge on any atom is -0.496 e. The van der Waals surface area contributed by atoms with Crippen molar-refractivity contribution in [2.24, 2.45) is 0 Å². The highest BCUT2D eigenvalue weighted by Gasteiger charge is 2.20. The van der Waals surface area contributed by atoms with Crippen molar-refractivity contribution in [3.8, 4) is 11.5 Å². The first-order chi connectivity index (χ1) is 14.9. The lowest BCUT2D eigenvalue weighted by Crippen LogP contribution is -2.35. The van der Waals surface area contributed by atoms with Crippen LogP contribution in [0.4, 0.5) is 5.69 Å². The molecule has 0 fully saturated rings. The van der Waals surface area contributed by atoms with Gasteiger partial charge in [-0.15, -0.1) is 0 Å². The second kappa shape index (κ2) is 10.1. The maximum absolute atomic E-state index is 12.9. The third-order valence-electron chi connectivity index (χ3n) is 4.39. The lowest BCUT2D eigenvalue weighted by molar-refractivity contribution is 0.0970. The maximum Gasteiger partial charge on any atom is 0.264 e. The Labute approximate surface area is 190 Å². The number of rotatable bonds is 6. The van der Waals surface area contributed by atoms with Crippen LogP contribution in [0.5, 0.6) is 11.5 Å². The molecule has 158 valence electrons. The lowest BCUT2D eigenvalue weighted by atomic mass is 10.0. The molecular weight excluding hydrogens is 436 g/mol. The van der Waals surface area contributed by atoms with E-state index in [0.717, 1.165) is 0 Å². The number of anilines is 1. The number of ether oxygens (including phenoxy) is 2. The van der Waals surface area contributed by atoms with Crippen LogP contribution in [0.1, 0.15) is 26.3 Å². The third-order valence-corrected chi connectivity index (χ3v) is 4.83. The number of methoxy groups -OCH3 is 2. The van der Waals surface area contributed by atoms with Gasteiger partial charge in [0.05, 0.1) is 19.9 Å². The monoisotopic (exact) mass is 454 g/mol. The molecule has 1 amide bonds. The predicted octanol–water partition coefficient (Wildman–Crippen LogP) is 4.72. The number of thiocarbonyl (C=S) groups is 1. The normalized spacial score (nSPS) is 10.2. The Morgan fingerprint density at radius 1 is 0.903 bits per heavy atom. The van der Waals surface area contributed by atoms with E-state index in [9.17, 15) is 9.59 Å². The van der Waals surface area contributed by atoms with Gasteiger partial charge >= 0.3 is 0 Å². The molecule has 0 bridgehead atoms. The zero-order valence-electron chi connectivity index (χ0n) is 16.8. The van der Waals surface area contributed by atoms with Crippen molar-refractivity contribution < 1.29 is 19.1 Å². The Bertz CT molecular complexity index is 1110. The highest BCUT2D eigenvalue weighted by molar-refractivity contribution is 7.80. The van der Waals surface area contributed by atoms with Gasteiger partial charge in [-0.3, -0.25) is 14.9 Å². The largest absolute Gasteiger partial charge is 0.496 e. The molecule has 0 saturated carbocycles. The minimum atomic E-state index is -0.517. The molecule has 0 aliphatic heterocycles. The summed E-state index contributed by atoms with van der Waals surface area (Å²) >= 11 is 11.4. The van der Waals surface area contributed by atoms with Crippen LogP contribution in [0.15, 0.2) is 66.7 Å². The number of benzene rings is 3. The molecule has 2 N–H and O–H groups in total. The van der Waals surface area contributed by atoms with E-state index >= 15 is 0 Å².